The minimum atomic E-state index is -0.0856. The summed E-state index contributed by atoms with van der Waals surface area (Å²) < 4.78 is 0. The number of amides is 2. The van der Waals surface area contributed by atoms with E-state index in [-0.39, 0.29) is 23.7 Å². The normalized spacial score (nSPS) is 36.5. The Morgan fingerprint density at radius 1 is 0.652 bits per heavy atom. The minimum absolute atomic E-state index is 0.0856. The number of carbonyl (C=O) groups is 2. The first kappa shape index (κ1) is 15.2. The number of allylic oxidation sites excluding steroid dienone is 2. The van der Waals surface area contributed by atoms with E-state index in [1.54, 1.807) is 0 Å². The Bertz CT molecular complexity index is 459. The van der Waals surface area contributed by atoms with Gasteiger partial charge in [0.2, 0.25) is 11.8 Å². The molecule has 1 saturated carbocycles. The van der Waals surface area contributed by atoms with Gasteiger partial charge in [-0.15, -0.1) is 0 Å². The summed E-state index contributed by atoms with van der Waals surface area (Å²) >= 11 is 0. The van der Waals surface area contributed by atoms with E-state index in [1.807, 2.05) is 9.80 Å². The van der Waals surface area contributed by atoms with E-state index < -0.39 is 0 Å². The van der Waals surface area contributed by atoms with Crippen molar-refractivity contribution in [1.29, 1.82) is 0 Å². The average Bonchev–Trinajstić information content (AvgIpc) is 3.23. The number of likely N-dealkylation sites (tertiary alicyclic amines) is 2. The van der Waals surface area contributed by atoms with Crippen molar-refractivity contribution < 1.29 is 9.59 Å². The van der Waals surface area contributed by atoms with Crippen molar-refractivity contribution in [2.45, 2.75) is 44.9 Å². The van der Waals surface area contributed by atoms with E-state index in [2.05, 4.69) is 12.2 Å². The van der Waals surface area contributed by atoms with Crippen LogP contribution < -0.4 is 0 Å². The van der Waals surface area contributed by atoms with Gasteiger partial charge in [-0.1, -0.05) is 12.2 Å². The fraction of sp³-hybridized carbons (Fsp3) is 0.789. The van der Waals surface area contributed by atoms with Gasteiger partial charge in [0.1, 0.15) is 0 Å². The van der Waals surface area contributed by atoms with Crippen molar-refractivity contribution in [3.63, 3.8) is 0 Å². The third kappa shape index (κ3) is 2.70. The fourth-order valence-corrected chi connectivity index (χ4v) is 5.15. The quantitative estimate of drug-likeness (QED) is 0.734. The van der Waals surface area contributed by atoms with Crippen molar-refractivity contribution >= 4 is 11.8 Å². The van der Waals surface area contributed by atoms with Gasteiger partial charge in [-0.2, -0.15) is 0 Å². The van der Waals surface area contributed by atoms with Gasteiger partial charge < -0.3 is 9.80 Å². The molecule has 2 aliphatic heterocycles. The van der Waals surface area contributed by atoms with Gasteiger partial charge in [-0.05, 0) is 56.8 Å². The Hall–Kier alpha value is -1.32. The number of hydrogen-bond acceptors (Lipinski definition) is 2. The van der Waals surface area contributed by atoms with Crippen LogP contribution in [0.15, 0.2) is 12.2 Å². The second kappa shape index (κ2) is 6.29. The van der Waals surface area contributed by atoms with Crippen molar-refractivity contribution in [2.24, 2.45) is 23.7 Å². The van der Waals surface area contributed by atoms with Crippen molar-refractivity contribution in [1.82, 2.24) is 9.80 Å². The summed E-state index contributed by atoms with van der Waals surface area (Å²) in [7, 11) is 0. The summed E-state index contributed by atoms with van der Waals surface area (Å²) in [5.74, 6) is 0.949. The SMILES string of the molecule is O=C([C@@H]1[C@H](C(=O)N2CCCCC2)[C@@H]2C=C[C@H]1C2)N1CCCCC1. The molecule has 0 aromatic rings. The highest BCUT2D eigenvalue weighted by atomic mass is 16.2. The summed E-state index contributed by atoms with van der Waals surface area (Å²) in [5.41, 5.74) is 0. The molecule has 4 nitrogen and oxygen atoms in total. The van der Waals surface area contributed by atoms with Crippen LogP contribution in [0.3, 0.4) is 0 Å². The largest absolute Gasteiger partial charge is 0.342 e. The molecular formula is C19H28N2O2. The first-order valence-corrected chi connectivity index (χ1v) is 9.51. The molecule has 0 aromatic carbocycles. The molecule has 4 rings (SSSR count). The summed E-state index contributed by atoms with van der Waals surface area (Å²) in [5, 5.41) is 0. The molecular weight excluding hydrogens is 288 g/mol. The van der Waals surface area contributed by atoms with Crippen LogP contribution in [0.4, 0.5) is 0 Å². The van der Waals surface area contributed by atoms with E-state index >= 15 is 0 Å². The number of rotatable bonds is 2. The molecule has 2 amide bonds. The van der Waals surface area contributed by atoms with E-state index in [4.69, 9.17) is 0 Å². The van der Waals surface area contributed by atoms with Gasteiger partial charge in [0.25, 0.3) is 0 Å². The van der Waals surface area contributed by atoms with E-state index in [0.717, 1.165) is 58.3 Å². The molecule has 0 unspecified atom stereocenters. The molecule has 2 aliphatic carbocycles. The third-order valence-corrected chi connectivity index (χ3v) is 6.37. The monoisotopic (exact) mass is 316 g/mol. The molecule has 2 saturated heterocycles. The molecule has 2 heterocycles. The fourth-order valence-electron chi connectivity index (χ4n) is 5.15. The number of nitrogens with zero attached hydrogens (tertiary/aromatic N) is 2. The standard InChI is InChI=1S/C19H28N2O2/c22-18(20-9-3-1-4-10-20)16-14-7-8-15(13-14)17(16)19(23)21-11-5-2-6-12-21/h7-8,14-17H,1-6,9-13H2/t14-,15+,16-,17+. The van der Waals surface area contributed by atoms with Crippen molar-refractivity contribution in [2.75, 3.05) is 26.2 Å². The highest BCUT2D eigenvalue weighted by Gasteiger charge is 2.53. The zero-order valence-electron chi connectivity index (χ0n) is 14.0. The maximum absolute atomic E-state index is 13.1. The van der Waals surface area contributed by atoms with Crippen molar-refractivity contribution in [3.05, 3.63) is 12.2 Å². The Morgan fingerprint density at radius 2 is 1.04 bits per heavy atom. The molecule has 126 valence electrons. The molecule has 3 fully saturated rings. The van der Waals surface area contributed by atoms with Crippen LogP contribution >= 0.6 is 0 Å². The lowest BCUT2D eigenvalue weighted by atomic mass is 9.80. The lowest BCUT2D eigenvalue weighted by Crippen LogP contribution is -2.49. The summed E-state index contributed by atoms with van der Waals surface area (Å²) in [6.45, 7) is 3.56. The van der Waals surface area contributed by atoms with Crippen LogP contribution in [-0.4, -0.2) is 47.8 Å². The highest BCUT2D eigenvalue weighted by Crippen LogP contribution is 2.49. The number of fused-ring (bicyclic) bond motifs is 2. The maximum atomic E-state index is 13.1. The predicted molar refractivity (Wildman–Crippen MR) is 88.6 cm³/mol. The van der Waals surface area contributed by atoms with Crippen LogP contribution in [0.25, 0.3) is 0 Å². The topological polar surface area (TPSA) is 40.6 Å². The average molecular weight is 316 g/mol. The summed E-state index contributed by atoms with van der Waals surface area (Å²) in [4.78, 5) is 30.3. The molecule has 0 N–H and O–H groups in total. The zero-order valence-corrected chi connectivity index (χ0v) is 14.0. The van der Waals surface area contributed by atoms with Gasteiger partial charge in [-0.25, -0.2) is 0 Å². The molecule has 0 radical (unpaired) electrons. The molecule has 2 bridgehead atoms. The van der Waals surface area contributed by atoms with Crippen LogP contribution in [0.1, 0.15) is 44.9 Å². The maximum Gasteiger partial charge on any atom is 0.227 e. The zero-order chi connectivity index (χ0) is 15.8. The van der Waals surface area contributed by atoms with Crippen LogP contribution in [0, 0.1) is 23.7 Å². The number of carbonyl (C=O) groups excluding carboxylic acids is 2. The first-order valence-electron chi connectivity index (χ1n) is 9.51. The first-order chi connectivity index (χ1) is 11.3. The Balaban J connectivity index is 1.53. The van der Waals surface area contributed by atoms with E-state index in [1.165, 1.54) is 12.8 Å². The second-order valence-corrected chi connectivity index (χ2v) is 7.77. The summed E-state index contributed by atoms with van der Waals surface area (Å²) in [6, 6.07) is 0. The number of hydrogen-bond donors (Lipinski definition) is 0. The highest BCUT2D eigenvalue weighted by molar-refractivity contribution is 5.90. The van der Waals surface area contributed by atoms with Crippen LogP contribution in [0.5, 0.6) is 0 Å². The van der Waals surface area contributed by atoms with Gasteiger partial charge in [0.05, 0.1) is 11.8 Å². The molecule has 0 aromatic heterocycles. The lowest BCUT2D eigenvalue weighted by molar-refractivity contribution is -0.148. The predicted octanol–water partition coefficient (Wildman–Crippen LogP) is 2.45. The lowest BCUT2D eigenvalue weighted by Gasteiger charge is -2.37. The number of piperidine rings is 2. The molecule has 4 atom stereocenters. The van der Waals surface area contributed by atoms with E-state index in [0.29, 0.717) is 11.8 Å². The molecule has 4 heteroatoms. The van der Waals surface area contributed by atoms with Crippen molar-refractivity contribution in [3.8, 4) is 0 Å². The van der Waals surface area contributed by atoms with E-state index in [9.17, 15) is 9.59 Å². The van der Waals surface area contributed by atoms with Crippen LogP contribution in [-0.2, 0) is 9.59 Å². The van der Waals surface area contributed by atoms with Crippen LogP contribution in [0.2, 0.25) is 0 Å². The molecule has 23 heavy (non-hydrogen) atoms. The Morgan fingerprint density at radius 3 is 1.43 bits per heavy atom. The van der Waals surface area contributed by atoms with Gasteiger partial charge in [0, 0.05) is 26.2 Å². The third-order valence-electron chi connectivity index (χ3n) is 6.37. The van der Waals surface area contributed by atoms with Gasteiger partial charge in [-0.3, -0.25) is 9.59 Å². The molecule has 4 aliphatic rings. The van der Waals surface area contributed by atoms with Gasteiger partial charge >= 0.3 is 0 Å². The smallest absolute Gasteiger partial charge is 0.227 e. The van der Waals surface area contributed by atoms with Gasteiger partial charge in [0.15, 0.2) is 0 Å². The molecule has 0 spiro atoms. The minimum Gasteiger partial charge on any atom is -0.342 e. The Labute approximate surface area is 138 Å². The Kier molecular flexibility index (Phi) is 4.16. The second-order valence-electron chi connectivity index (χ2n) is 7.77. The summed E-state index contributed by atoms with van der Waals surface area (Å²) in [6.07, 6.45) is 12.4.